The number of hydrogen-bond donors (Lipinski definition) is 3. The monoisotopic (exact) mass is 91.1 g/mol. The van der Waals surface area contributed by atoms with Crippen molar-refractivity contribution in [2.75, 3.05) is 13.4 Å². The number of rotatable bonds is 3. The lowest BCUT2D eigenvalue weighted by atomic mass is 11.2. The van der Waals surface area contributed by atoms with E-state index in [1.807, 2.05) is 0 Å². The molecule has 0 fully saturated rings. The molecular formula is C2H9N3O. The van der Waals surface area contributed by atoms with Gasteiger partial charge in [-0.15, -0.1) is 0 Å². The van der Waals surface area contributed by atoms with E-state index >= 15 is 0 Å². The molecule has 6 heavy (non-hydrogen) atoms. The van der Waals surface area contributed by atoms with E-state index in [0.29, 0.717) is 6.67 Å². The number of hydroxylamine groups is 1. The Labute approximate surface area is 36.4 Å². The largest absolute Gasteiger partial charge is 0.317 e. The van der Waals surface area contributed by atoms with Crippen LogP contribution in [0.1, 0.15) is 0 Å². The summed E-state index contributed by atoms with van der Waals surface area (Å²) in [4.78, 5) is 4.39. The van der Waals surface area contributed by atoms with Crippen LogP contribution in [0.3, 0.4) is 0 Å². The SMILES string of the molecule is NCNOCN. The minimum atomic E-state index is 0.164. The van der Waals surface area contributed by atoms with Gasteiger partial charge < -0.3 is 11.5 Å². The van der Waals surface area contributed by atoms with Crippen LogP contribution in [0.2, 0.25) is 0 Å². The van der Waals surface area contributed by atoms with E-state index in [1.54, 1.807) is 0 Å². The van der Waals surface area contributed by atoms with Crippen LogP contribution in [-0.4, -0.2) is 13.4 Å². The fourth-order valence-corrected chi connectivity index (χ4v) is 0.118. The zero-order valence-corrected chi connectivity index (χ0v) is 3.48. The molecule has 0 aliphatic heterocycles. The molecular weight excluding hydrogens is 82.0 g/mol. The lowest BCUT2D eigenvalue weighted by Gasteiger charge is -1.94. The van der Waals surface area contributed by atoms with E-state index in [1.165, 1.54) is 0 Å². The number of nitrogens with one attached hydrogen (secondary N) is 1. The molecule has 0 unspecified atom stereocenters. The second-order valence-corrected chi connectivity index (χ2v) is 0.659. The van der Waals surface area contributed by atoms with Gasteiger partial charge in [0.25, 0.3) is 0 Å². The van der Waals surface area contributed by atoms with Gasteiger partial charge in [0.05, 0.1) is 6.67 Å². The van der Waals surface area contributed by atoms with Crippen LogP contribution in [0.4, 0.5) is 0 Å². The van der Waals surface area contributed by atoms with Gasteiger partial charge in [0.1, 0.15) is 6.73 Å². The first-order valence-electron chi connectivity index (χ1n) is 1.66. The van der Waals surface area contributed by atoms with Crippen molar-refractivity contribution in [2.45, 2.75) is 0 Å². The zero-order chi connectivity index (χ0) is 4.83. The summed E-state index contributed by atoms with van der Waals surface area (Å²) in [7, 11) is 0. The van der Waals surface area contributed by atoms with Crippen LogP contribution in [0.15, 0.2) is 0 Å². The lowest BCUT2D eigenvalue weighted by molar-refractivity contribution is 0.0477. The highest BCUT2D eigenvalue weighted by atomic mass is 16.6. The maximum Gasteiger partial charge on any atom is 0.116 e. The van der Waals surface area contributed by atoms with Crippen molar-refractivity contribution in [1.82, 2.24) is 5.48 Å². The third-order valence-corrected chi connectivity index (χ3v) is 0.269. The Morgan fingerprint density at radius 2 is 2.17 bits per heavy atom. The average Bonchev–Trinajstić information content (AvgIpc) is 1.61. The molecule has 0 saturated carbocycles. The van der Waals surface area contributed by atoms with Gasteiger partial charge >= 0.3 is 0 Å². The lowest BCUT2D eigenvalue weighted by Crippen LogP contribution is -2.25. The Balaban J connectivity index is 2.34. The highest BCUT2D eigenvalue weighted by molar-refractivity contribution is 4.07. The van der Waals surface area contributed by atoms with E-state index in [9.17, 15) is 0 Å². The molecule has 4 nitrogen and oxygen atoms in total. The van der Waals surface area contributed by atoms with Gasteiger partial charge in [-0.1, -0.05) is 0 Å². The summed E-state index contributed by atoms with van der Waals surface area (Å²) in [6, 6.07) is 0. The molecule has 0 atom stereocenters. The summed E-state index contributed by atoms with van der Waals surface area (Å²) >= 11 is 0. The van der Waals surface area contributed by atoms with E-state index in [4.69, 9.17) is 11.5 Å². The molecule has 0 radical (unpaired) electrons. The molecule has 0 rings (SSSR count). The van der Waals surface area contributed by atoms with Crippen LogP contribution >= 0.6 is 0 Å². The molecule has 0 aliphatic rings. The highest BCUT2D eigenvalue weighted by Crippen LogP contribution is 1.46. The zero-order valence-electron chi connectivity index (χ0n) is 3.48. The van der Waals surface area contributed by atoms with E-state index in [-0.39, 0.29) is 6.73 Å². The van der Waals surface area contributed by atoms with Gasteiger partial charge in [0.2, 0.25) is 0 Å². The van der Waals surface area contributed by atoms with Crippen molar-refractivity contribution in [2.24, 2.45) is 11.5 Å². The quantitative estimate of drug-likeness (QED) is 0.221. The summed E-state index contributed by atoms with van der Waals surface area (Å²) in [6.07, 6.45) is 0. The molecule has 4 heteroatoms. The highest BCUT2D eigenvalue weighted by Gasteiger charge is 1.69. The molecule has 0 bridgehead atoms. The van der Waals surface area contributed by atoms with E-state index in [2.05, 4.69) is 10.3 Å². The van der Waals surface area contributed by atoms with Crippen molar-refractivity contribution in [3.63, 3.8) is 0 Å². The summed E-state index contributed by atoms with van der Waals surface area (Å²) in [6.45, 7) is 0.467. The maximum atomic E-state index is 4.92. The topological polar surface area (TPSA) is 73.3 Å². The molecule has 0 aromatic carbocycles. The Bertz CT molecular complexity index is 20.8. The van der Waals surface area contributed by atoms with Crippen LogP contribution in [0.25, 0.3) is 0 Å². The molecule has 0 aromatic rings. The molecule has 0 aromatic heterocycles. The van der Waals surface area contributed by atoms with Crippen LogP contribution in [0, 0.1) is 0 Å². The van der Waals surface area contributed by atoms with E-state index < -0.39 is 0 Å². The predicted molar refractivity (Wildman–Crippen MR) is 22.3 cm³/mol. The van der Waals surface area contributed by atoms with Crippen molar-refractivity contribution in [1.29, 1.82) is 0 Å². The average molecular weight is 91.1 g/mol. The van der Waals surface area contributed by atoms with Gasteiger partial charge in [0, 0.05) is 0 Å². The normalized spacial score (nSPS) is 9.00. The molecule has 0 spiro atoms. The summed E-state index contributed by atoms with van der Waals surface area (Å²) in [5.41, 5.74) is 12.1. The maximum absolute atomic E-state index is 4.92. The third kappa shape index (κ3) is 3.84. The fraction of sp³-hybridized carbons (Fsp3) is 1.00. The Kier molecular flexibility index (Phi) is 4.71. The van der Waals surface area contributed by atoms with Crippen molar-refractivity contribution in [3.05, 3.63) is 0 Å². The summed E-state index contributed by atoms with van der Waals surface area (Å²) < 4.78 is 0. The van der Waals surface area contributed by atoms with Gasteiger partial charge in [-0.05, 0) is 0 Å². The molecule has 0 aliphatic carbocycles. The van der Waals surface area contributed by atoms with Crippen molar-refractivity contribution < 1.29 is 4.84 Å². The summed E-state index contributed by atoms with van der Waals surface area (Å²) in [5.74, 6) is 0. The Hall–Kier alpha value is -0.160. The second-order valence-electron chi connectivity index (χ2n) is 0.659. The Morgan fingerprint density at radius 1 is 1.50 bits per heavy atom. The van der Waals surface area contributed by atoms with Crippen molar-refractivity contribution >= 4 is 0 Å². The smallest absolute Gasteiger partial charge is 0.116 e. The standard InChI is InChI=1S/C2H9N3O/c3-1-5-6-2-4/h5H,1-4H2. The van der Waals surface area contributed by atoms with Crippen LogP contribution < -0.4 is 16.9 Å². The first-order chi connectivity index (χ1) is 2.91. The first kappa shape index (κ1) is 5.84. The first-order valence-corrected chi connectivity index (χ1v) is 1.66. The molecule has 0 amide bonds. The number of hydrogen-bond acceptors (Lipinski definition) is 4. The third-order valence-electron chi connectivity index (χ3n) is 0.269. The minimum absolute atomic E-state index is 0.164. The van der Waals surface area contributed by atoms with Gasteiger partial charge in [-0.25, -0.2) is 0 Å². The number of nitrogens with two attached hydrogens (primary N) is 2. The predicted octanol–water partition coefficient (Wildman–Crippen LogP) is -1.66. The second kappa shape index (κ2) is 4.84. The summed E-state index contributed by atoms with van der Waals surface area (Å²) in [5, 5.41) is 0. The van der Waals surface area contributed by atoms with Gasteiger partial charge in [-0.2, -0.15) is 5.48 Å². The van der Waals surface area contributed by atoms with Gasteiger partial charge in [0.15, 0.2) is 0 Å². The van der Waals surface area contributed by atoms with E-state index in [0.717, 1.165) is 0 Å². The Morgan fingerprint density at radius 3 is 2.33 bits per heavy atom. The van der Waals surface area contributed by atoms with Gasteiger partial charge in [-0.3, -0.25) is 4.84 Å². The minimum Gasteiger partial charge on any atom is -0.317 e. The molecule has 0 saturated heterocycles. The molecule has 38 valence electrons. The van der Waals surface area contributed by atoms with Crippen molar-refractivity contribution in [3.8, 4) is 0 Å². The molecule has 0 heterocycles. The fourth-order valence-electron chi connectivity index (χ4n) is 0.118. The molecule has 5 N–H and O–H groups in total. The van der Waals surface area contributed by atoms with Crippen LogP contribution in [-0.2, 0) is 4.84 Å². The van der Waals surface area contributed by atoms with Crippen LogP contribution in [0.5, 0.6) is 0 Å².